The molecule has 1 aliphatic heterocycles. The van der Waals surface area contributed by atoms with Crippen LogP contribution in [0.4, 0.5) is 5.69 Å². The lowest BCUT2D eigenvalue weighted by atomic mass is 10.1. The Bertz CT molecular complexity index is 351. The van der Waals surface area contributed by atoms with Gasteiger partial charge < -0.3 is 10.6 Å². The van der Waals surface area contributed by atoms with Crippen LogP contribution in [-0.2, 0) is 6.54 Å². The van der Waals surface area contributed by atoms with Crippen LogP contribution >= 0.6 is 0 Å². The molecule has 3 nitrogen and oxygen atoms in total. The Morgan fingerprint density at radius 3 is 2.75 bits per heavy atom. The van der Waals surface area contributed by atoms with Gasteiger partial charge in [0.15, 0.2) is 0 Å². The van der Waals surface area contributed by atoms with E-state index in [0.29, 0.717) is 6.04 Å². The molecule has 1 unspecified atom stereocenters. The molecule has 1 atom stereocenters. The van der Waals surface area contributed by atoms with Crippen molar-refractivity contribution < 1.29 is 0 Å². The zero-order valence-corrected chi connectivity index (χ0v) is 10.2. The number of hydrogen-bond acceptors (Lipinski definition) is 3. The third-order valence-electron chi connectivity index (χ3n) is 3.49. The van der Waals surface area contributed by atoms with Crippen LogP contribution in [0.1, 0.15) is 12.5 Å². The second-order valence-corrected chi connectivity index (χ2v) is 4.76. The van der Waals surface area contributed by atoms with Gasteiger partial charge in [-0.15, -0.1) is 0 Å². The number of likely N-dealkylation sites (N-methyl/N-ethyl adjacent to an activating group) is 1. The van der Waals surface area contributed by atoms with Gasteiger partial charge in [-0.25, -0.2) is 0 Å². The second-order valence-electron chi connectivity index (χ2n) is 4.76. The Hall–Kier alpha value is -1.06. The van der Waals surface area contributed by atoms with E-state index >= 15 is 0 Å². The summed E-state index contributed by atoms with van der Waals surface area (Å²) >= 11 is 0. The van der Waals surface area contributed by atoms with Crippen molar-refractivity contribution in [2.24, 2.45) is 0 Å². The molecule has 2 N–H and O–H groups in total. The molecule has 0 amide bonds. The van der Waals surface area contributed by atoms with E-state index in [1.165, 1.54) is 5.56 Å². The lowest BCUT2D eigenvalue weighted by Crippen LogP contribution is -2.49. The summed E-state index contributed by atoms with van der Waals surface area (Å²) < 4.78 is 0. The largest absolute Gasteiger partial charge is 0.398 e. The summed E-state index contributed by atoms with van der Waals surface area (Å²) in [6.07, 6.45) is 0. The van der Waals surface area contributed by atoms with E-state index < -0.39 is 0 Å². The van der Waals surface area contributed by atoms with E-state index in [2.05, 4.69) is 35.9 Å². The third-order valence-corrected chi connectivity index (χ3v) is 3.49. The molecule has 88 valence electrons. The number of benzene rings is 1. The predicted molar refractivity (Wildman–Crippen MR) is 68.2 cm³/mol. The van der Waals surface area contributed by atoms with E-state index in [0.717, 1.165) is 31.9 Å². The van der Waals surface area contributed by atoms with Crippen molar-refractivity contribution in [1.29, 1.82) is 0 Å². The molecule has 0 aromatic heterocycles. The van der Waals surface area contributed by atoms with Crippen LogP contribution in [0.3, 0.4) is 0 Å². The van der Waals surface area contributed by atoms with E-state index in [1.54, 1.807) is 0 Å². The average Bonchev–Trinajstić information content (AvgIpc) is 2.27. The molecule has 0 saturated carbocycles. The van der Waals surface area contributed by atoms with Crippen LogP contribution in [0.2, 0.25) is 0 Å². The number of para-hydroxylation sites is 1. The van der Waals surface area contributed by atoms with E-state index in [4.69, 9.17) is 5.73 Å². The fraction of sp³-hybridized carbons (Fsp3) is 0.538. The Morgan fingerprint density at radius 2 is 2.06 bits per heavy atom. The molecule has 1 saturated heterocycles. The van der Waals surface area contributed by atoms with Crippen LogP contribution in [0.5, 0.6) is 0 Å². The minimum Gasteiger partial charge on any atom is -0.398 e. The van der Waals surface area contributed by atoms with Gasteiger partial charge in [0.2, 0.25) is 0 Å². The first-order valence-corrected chi connectivity index (χ1v) is 5.93. The average molecular weight is 219 g/mol. The van der Waals surface area contributed by atoms with Gasteiger partial charge in [0.05, 0.1) is 0 Å². The first-order valence-electron chi connectivity index (χ1n) is 5.93. The molecule has 1 aromatic rings. The smallest absolute Gasteiger partial charge is 0.0359 e. The standard InChI is InChI=1S/C13H21N3/c1-11-9-16(8-7-15(11)2)10-12-5-3-4-6-13(12)14/h3-6,11H,7-10,14H2,1-2H3. The molecule has 1 aliphatic rings. The summed E-state index contributed by atoms with van der Waals surface area (Å²) in [7, 11) is 2.19. The van der Waals surface area contributed by atoms with Gasteiger partial charge in [0.25, 0.3) is 0 Å². The van der Waals surface area contributed by atoms with Crippen molar-refractivity contribution in [2.45, 2.75) is 19.5 Å². The summed E-state index contributed by atoms with van der Waals surface area (Å²) in [6, 6.07) is 8.79. The highest BCUT2D eigenvalue weighted by atomic mass is 15.3. The summed E-state index contributed by atoms with van der Waals surface area (Å²) in [4.78, 5) is 4.89. The zero-order valence-electron chi connectivity index (χ0n) is 10.2. The van der Waals surface area contributed by atoms with Gasteiger partial charge in [-0.3, -0.25) is 4.90 Å². The highest BCUT2D eigenvalue weighted by Crippen LogP contribution is 2.16. The van der Waals surface area contributed by atoms with E-state index in [-0.39, 0.29) is 0 Å². The first-order chi connectivity index (χ1) is 7.66. The fourth-order valence-electron chi connectivity index (χ4n) is 2.19. The highest BCUT2D eigenvalue weighted by Gasteiger charge is 2.20. The van der Waals surface area contributed by atoms with Crippen molar-refractivity contribution in [3.63, 3.8) is 0 Å². The zero-order chi connectivity index (χ0) is 11.5. The Kier molecular flexibility index (Phi) is 3.46. The van der Waals surface area contributed by atoms with Crippen molar-refractivity contribution in [3.8, 4) is 0 Å². The van der Waals surface area contributed by atoms with Gasteiger partial charge in [0.1, 0.15) is 0 Å². The number of anilines is 1. The molecule has 0 bridgehead atoms. The quantitative estimate of drug-likeness (QED) is 0.763. The molecule has 0 spiro atoms. The number of nitrogen functional groups attached to an aromatic ring is 1. The Morgan fingerprint density at radius 1 is 1.31 bits per heavy atom. The third kappa shape index (κ3) is 2.54. The van der Waals surface area contributed by atoms with Gasteiger partial charge >= 0.3 is 0 Å². The van der Waals surface area contributed by atoms with Crippen LogP contribution in [0.15, 0.2) is 24.3 Å². The molecule has 1 fully saturated rings. The maximum absolute atomic E-state index is 5.96. The lowest BCUT2D eigenvalue weighted by molar-refractivity contribution is 0.100. The number of nitrogens with zero attached hydrogens (tertiary/aromatic N) is 2. The number of rotatable bonds is 2. The predicted octanol–water partition coefficient (Wildman–Crippen LogP) is 1.40. The molecule has 1 heterocycles. The van der Waals surface area contributed by atoms with Gasteiger partial charge in [-0.1, -0.05) is 18.2 Å². The minimum absolute atomic E-state index is 0.638. The number of nitrogens with two attached hydrogens (primary N) is 1. The maximum atomic E-state index is 5.96. The Balaban J connectivity index is 1.98. The summed E-state index contributed by atoms with van der Waals surface area (Å²) in [5.41, 5.74) is 8.12. The van der Waals surface area contributed by atoms with Crippen molar-refractivity contribution in [2.75, 3.05) is 32.4 Å². The van der Waals surface area contributed by atoms with E-state index in [9.17, 15) is 0 Å². The SMILES string of the molecule is CC1CN(Cc2ccccc2N)CCN1C. The van der Waals surface area contributed by atoms with Crippen LogP contribution in [-0.4, -0.2) is 42.5 Å². The molecule has 16 heavy (non-hydrogen) atoms. The molecule has 2 rings (SSSR count). The van der Waals surface area contributed by atoms with Crippen molar-refractivity contribution in [1.82, 2.24) is 9.80 Å². The molecular formula is C13H21N3. The number of piperazine rings is 1. The highest BCUT2D eigenvalue weighted by molar-refractivity contribution is 5.46. The van der Waals surface area contributed by atoms with E-state index in [1.807, 2.05) is 12.1 Å². The molecular weight excluding hydrogens is 198 g/mol. The van der Waals surface area contributed by atoms with Crippen LogP contribution < -0.4 is 5.73 Å². The van der Waals surface area contributed by atoms with Gasteiger partial charge in [-0.05, 0) is 25.6 Å². The normalized spacial score (nSPS) is 23.5. The van der Waals surface area contributed by atoms with Crippen molar-refractivity contribution in [3.05, 3.63) is 29.8 Å². The summed E-state index contributed by atoms with van der Waals surface area (Å²) in [6.45, 7) is 6.67. The molecule has 3 heteroatoms. The summed E-state index contributed by atoms with van der Waals surface area (Å²) in [5, 5.41) is 0. The maximum Gasteiger partial charge on any atom is 0.0359 e. The molecule has 0 aliphatic carbocycles. The van der Waals surface area contributed by atoms with Crippen LogP contribution in [0, 0.1) is 0 Å². The van der Waals surface area contributed by atoms with Crippen molar-refractivity contribution >= 4 is 5.69 Å². The molecule has 0 radical (unpaired) electrons. The Labute approximate surface area is 97.8 Å². The summed E-state index contributed by atoms with van der Waals surface area (Å²) in [5.74, 6) is 0. The lowest BCUT2D eigenvalue weighted by Gasteiger charge is -2.37. The van der Waals surface area contributed by atoms with Gasteiger partial charge in [-0.2, -0.15) is 0 Å². The molecule has 1 aromatic carbocycles. The fourth-order valence-corrected chi connectivity index (χ4v) is 2.19. The van der Waals surface area contributed by atoms with Gasteiger partial charge in [0, 0.05) is 37.9 Å². The first kappa shape index (κ1) is 11.4. The number of hydrogen-bond donors (Lipinski definition) is 1. The topological polar surface area (TPSA) is 32.5 Å². The van der Waals surface area contributed by atoms with Crippen LogP contribution in [0.25, 0.3) is 0 Å². The minimum atomic E-state index is 0.638. The monoisotopic (exact) mass is 219 g/mol. The second kappa shape index (κ2) is 4.85.